The summed E-state index contributed by atoms with van der Waals surface area (Å²) in [5.74, 6) is -2.15. The van der Waals surface area contributed by atoms with E-state index in [9.17, 15) is 24.0 Å². The van der Waals surface area contributed by atoms with Crippen molar-refractivity contribution in [2.24, 2.45) is 0 Å². The zero-order valence-corrected chi connectivity index (χ0v) is 37.6. The molecule has 340 valence electrons. The Bertz CT molecular complexity index is 2130. The Morgan fingerprint density at radius 2 is 1.49 bits per heavy atom. The predicted octanol–water partition coefficient (Wildman–Crippen LogP) is 7.07. The van der Waals surface area contributed by atoms with Gasteiger partial charge in [0.2, 0.25) is 5.91 Å². The molecule has 2 saturated carbocycles. The Hall–Kier alpha value is -4.80. The van der Waals surface area contributed by atoms with Crippen molar-refractivity contribution in [2.75, 3.05) is 26.8 Å². The Labute approximate surface area is 376 Å². The molecule has 1 unspecified atom stereocenters. The number of nitrogens with zero attached hydrogens (tertiary/aromatic N) is 2. The van der Waals surface area contributed by atoms with Crippen LogP contribution in [0.3, 0.4) is 0 Å². The highest BCUT2D eigenvalue weighted by Crippen LogP contribution is 2.53. The van der Waals surface area contributed by atoms with E-state index in [1.54, 1.807) is 13.2 Å². The second-order valence-corrected chi connectivity index (χ2v) is 16.8. The van der Waals surface area contributed by atoms with E-state index in [-0.39, 0.29) is 44.8 Å². The molecular formula is C46H54Cl2N2O13. The Kier molecular flexibility index (Phi) is 16.4. The number of halogens is 2. The number of benzene rings is 2. The van der Waals surface area contributed by atoms with Gasteiger partial charge in [0.1, 0.15) is 18.5 Å². The lowest BCUT2D eigenvalue weighted by Gasteiger charge is -2.44. The number of carbonyl (C=O) groups is 5. The van der Waals surface area contributed by atoms with Gasteiger partial charge in [-0.1, -0.05) is 41.4 Å². The van der Waals surface area contributed by atoms with Crippen LogP contribution in [-0.4, -0.2) is 103 Å². The highest BCUT2D eigenvalue weighted by molar-refractivity contribution is 6.34. The maximum atomic E-state index is 13.1. The van der Waals surface area contributed by atoms with Crippen LogP contribution in [0.4, 0.5) is 0 Å². The summed E-state index contributed by atoms with van der Waals surface area (Å²) in [5, 5.41) is 1.12. The number of rotatable bonds is 21. The molecule has 0 bridgehead atoms. The topological polar surface area (TPSA) is 175 Å². The third-order valence-electron chi connectivity index (χ3n) is 10.9. The van der Waals surface area contributed by atoms with Crippen LogP contribution in [0.2, 0.25) is 10.0 Å². The number of aromatic nitrogens is 1. The predicted molar refractivity (Wildman–Crippen MR) is 229 cm³/mol. The molecule has 1 aromatic heterocycles. The van der Waals surface area contributed by atoms with Crippen molar-refractivity contribution in [3.8, 4) is 16.9 Å². The summed E-state index contributed by atoms with van der Waals surface area (Å²) in [6, 6.07) is 13.8. The Morgan fingerprint density at radius 3 is 2.17 bits per heavy atom. The summed E-state index contributed by atoms with van der Waals surface area (Å²) in [6.07, 6.45) is 3.39. The third kappa shape index (κ3) is 13.1. The highest BCUT2D eigenvalue weighted by atomic mass is 35.5. The van der Waals surface area contributed by atoms with Gasteiger partial charge >= 0.3 is 23.9 Å². The molecule has 1 saturated heterocycles. The second kappa shape index (κ2) is 21.7. The van der Waals surface area contributed by atoms with Crippen molar-refractivity contribution >= 4 is 53.0 Å². The average Bonchev–Trinajstić information content (AvgIpc) is 4.19. The summed E-state index contributed by atoms with van der Waals surface area (Å²) in [6.45, 7) is 4.54. The van der Waals surface area contributed by atoms with Gasteiger partial charge in [0.05, 0.1) is 24.9 Å². The van der Waals surface area contributed by atoms with Crippen LogP contribution < -0.4 is 4.74 Å². The fraction of sp³-hybridized carbons (Fsp3) is 0.522. The van der Waals surface area contributed by atoms with E-state index < -0.39 is 60.2 Å². The fourth-order valence-corrected chi connectivity index (χ4v) is 7.96. The molecule has 0 spiro atoms. The molecule has 3 fully saturated rings. The van der Waals surface area contributed by atoms with Crippen molar-refractivity contribution in [3.05, 3.63) is 81.6 Å². The van der Waals surface area contributed by atoms with Crippen molar-refractivity contribution in [1.29, 1.82) is 0 Å². The van der Waals surface area contributed by atoms with E-state index in [0.717, 1.165) is 80.0 Å². The minimum absolute atomic E-state index is 0.0754. The molecule has 6 rings (SSSR count). The molecule has 2 aromatic carbocycles. The van der Waals surface area contributed by atoms with Gasteiger partial charge < -0.3 is 42.8 Å². The minimum atomic E-state index is -1.36. The van der Waals surface area contributed by atoms with Crippen molar-refractivity contribution in [2.45, 2.75) is 128 Å². The zero-order valence-electron chi connectivity index (χ0n) is 36.1. The number of amides is 1. The van der Waals surface area contributed by atoms with Crippen molar-refractivity contribution in [1.82, 2.24) is 9.88 Å². The lowest BCUT2D eigenvalue weighted by atomic mass is 9.96. The zero-order chi connectivity index (χ0) is 45.3. The molecule has 3 aromatic rings. The monoisotopic (exact) mass is 912 g/mol. The van der Waals surface area contributed by atoms with Crippen LogP contribution in [0.15, 0.2) is 54.9 Å². The molecule has 5 atom stereocenters. The Balaban J connectivity index is 0.989. The first kappa shape index (κ1) is 47.7. The van der Waals surface area contributed by atoms with Gasteiger partial charge in [-0.3, -0.25) is 29.0 Å². The number of likely N-dealkylation sites (N-methyl/N-ethyl adjacent to an activating group) is 1. The van der Waals surface area contributed by atoms with E-state index in [2.05, 4.69) is 11.1 Å². The fourth-order valence-electron chi connectivity index (χ4n) is 7.44. The molecule has 17 heteroatoms. The van der Waals surface area contributed by atoms with Crippen LogP contribution in [0.25, 0.3) is 11.1 Å². The van der Waals surface area contributed by atoms with Crippen molar-refractivity contribution in [3.63, 3.8) is 0 Å². The number of unbranched alkanes of at least 4 members (excludes halogenated alkanes) is 1. The first-order valence-corrected chi connectivity index (χ1v) is 21.9. The highest BCUT2D eigenvalue weighted by Gasteiger charge is 2.53. The Morgan fingerprint density at radius 1 is 0.825 bits per heavy atom. The van der Waals surface area contributed by atoms with Crippen LogP contribution in [-0.2, 0) is 75.8 Å². The molecule has 2 aliphatic carbocycles. The largest absolute Gasteiger partial charge is 0.490 e. The van der Waals surface area contributed by atoms with Gasteiger partial charge in [0.25, 0.3) is 0 Å². The van der Waals surface area contributed by atoms with Gasteiger partial charge in [-0.2, -0.15) is 0 Å². The maximum Gasteiger partial charge on any atom is 0.303 e. The summed E-state index contributed by atoms with van der Waals surface area (Å²) >= 11 is 13.6. The van der Waals surface area contributed by atoms with Crippen molar-refractivity contribution < 1.29 is 61.9 Å². The first-order chi connectivity index (χ1) is 30.1. The van der Waals surface area contributed by atoms with Gasteiger partial charge in [0, 0.05) is 81.3 Å². The van der Waals surface area contributed by atoms with E-state index in [1.165, 1.54) is 11.8 Å². The molecule has 1 aliphatic heterocycles. The number of esters is 4. The van der Waals surface area contributed by atoms with Crippen LogP contribution in [0, 0.1) is 0 Å². The van der Waals surface area contributed by atoms with Gasteiger partial charge in [-0.05, 0) is 85.9 Å². The van der Waals surface area contributed by atoms with Gasteiger partial charge in [0.15, 0.2) is 24.6 Å². The number of carbonyl (C=O) groups excluding carboxylic acids is 5. The average molecular weight is 914 g/mol. The molecule has 15 nitrogen and oxygen atoms in total. The third-order valence-corrected chi connectivity index (χ3v) is 11.6. The summed E-state index contributed by atoms with van der Waals surface area (Å²) in [5.41, 5.74) is 4.24. The van der Waals surface area contributed by atoms with E-state index in [0.29, 0.717) is 29.3 Å². The molecule has 1 amide bonds. The molecular weight excluding hydrogens is 859 g/mol. The minimum Gasteiger partial charge on any atom is -0.490 e. The smallest absolute Gasteiger partial charge is 0.303 e. The molecule has 2 heterocycles. The maximum absolute atomic E-state index is 13.1. The normalized spacial score (nSPS) is 21.2. The number of aryl methyl sites for hydroxylation is 1. The van der Waals surface area contributed by atoms with Crippen LogP contribution in [0.1, 0.15) is 89.3 Å². The summed E-state index contributed by atoms with van der Waals surface area (Å²) in [4.78, 5) is 66.9. The lowest BCUT2D eigenvalue weighted by Crippen LogP contribution is -2.63. The van der Waals surface area contributed by atoms with E-state index in [4.69, 9.17) is 61.1 Å². The number of ether oxygens (including phenoxy) is 8. The standard InChI is InChI=1S/C46H54Cl2N2O13/c1-27(51)57-26-40-42(59-28(2)52)43(60-29(3)53)44(61-30(4)54)45(63-40)56-21-20-50(5)41(55)13-9-6-10-31-22-38(48)32(23-37(31)47)25-58-46(17-18-46)36-24-49-19-16-34(36)35-11-7-8-12-39(35)62-33-14-15-33/h7-8,11-12,16,19,22-24,33,40,42-45H,6,9-10,13-15,17-18,20-21,25-26H2,1-5H3/t40-,42-,43+,44-,45?/m1/s1. The molecule has 63 heavy (non-hydrogen) atoms. The number of hydrogen-bond donors (Lipinski definition) is 0. The SMILES string of the molecule is CC(=O)OC[C@H]1OC(OCCN(C)C(=O)CCCCc2cc(Cl)c(COC3(c4cnccc4-c4ccccc4OC4CC4)CC3)cc2Cl)[C@H](OC(C)=O)[C@@H](OC(C)=O)[C@@H]1OC(C)=O. The van der Waals surface area contributed by atoms with Crippen LogP contribution in [0.5, 0.6) is 5.75 Å². The van der Waals surface area contributed by atoms with E-state index >= 15 is 0 Å². The number of para-hydroxylation sites is 1. The number of hydrogen-bond acceptors (Lipinski definition) is 14. The second-order valence-electron chi connectivity index (χ2n) is 16.0. The van der Waals surface area contributed by atoms with Crippen LogP contribution >= 0.6 is 23.2 Å². The molecule has 3 aliphatic rings. The summed E-state index contributed by atoms with van der Waals surface area (Å²) in [7, 11) is 1.62. The van der Waals surface area contributed by atoms with Gasteiger partial charge in [-0.25, -0.2) is 0 Å². The number of pyridine rings is 1. The van der Waals surface area contributed by atoms with Gasteiger partial charge in [-0.15, -0.1) is 0 Å². The molecule has 0 radical (unpaired) electrons. The molecule has 0 N–H and O–H groups in total. The quantitative estimate of drug-likeness (QED) is 0.0603. The first-order valence-electron chi connectivity index (χ1n) is 21.1. The lowest BCUT2D eigenvalue weighted by molar-refractivity contribution is -0.308. The van der Waals surface area contributed by atoms with E-state index in [1.807, 2.05) is 42.6 Å². The summed E-state index contributed by atoms with van der Waals surface area (Å²) < 4.78 is 46.1.